The van der Waals surface area contributed by atoms with E-state index in [0.29, 0.717) is 5.92 Å². The van der Waals surface area contributed by atoms with E-state index >= 15 is 0 Å². The van der Waals surface area contributed by atoms with E-state index in [0.717, 1.165) is 11.9 Å². The first-order chi connectivity index (χ1) is 4.09. The Morgan fingerprint density at radius 1 is 1.33 bits per heavy atom. The molecular formula is C8H14O. The van der Waals surface area contributed by atoms with E-state index in [2.05, 4.69) is 13.8 Å². The first kappa shape index (κ1) is 8.41. The van der Waals surface area contributed by atoms with E-state index in [1.165, 1.54) is 5.57 Å². The van der Waals surface area contributed by atoms with Crippen molar-refractivity contribution in [2.75, 3.05) is 0 Å². The number of hydrogen-bond donors (Lipinski definition) is 0. The molecule has 0 aliphatic carbocycles. The number of carbonyl (C=O) groups excluding carboxylic acids is 1. The molecule has 0 aliphatic heterocycles. The minimum atomic E-state index is 0.496. The second kappa shape index (κ2) is 3.44. The summed E-state index contributed by atoms with van der Waals surface area (Å²) in [7, 11) is 0. The fraction of sp³-hybridized carbons (Fsp3) is 0.625. The molecule has 0 bridgehead atoms. The van der Waals surface area contributed by atoms with Gasteiger partial charge in [-0.15, -0.1) is 0 Å². The Morgan fingerprint density at radius 2 is 1.78 bits per heavy atom. The van der Waals surface area contributed by atoms with Crippen LogP contribution in [0, 0.1) is 5.92 Å². The molecule has 0 unspecified atom stereocenters. The van der Waals surface area contributed by atoms with E-state index in [-0.39, 0.29) is 0 Å². The highest BCUT2D eigenvalue weighted by Gasteiger charge is 1.98. The standard InChI is InChI=1S/C8H14O/c1-6(2)8(4)7(3)5-9/h5-6H,1-4H3. The van der Waals surface area contributed by atoms with Crippen molar-refractivity contribution >= 4 is 6.29 Å². The van der Waals surface area contributed by atoms with Crippen molar-refractivity contribution < 1.29 is 4.79 Å². The van der Waals surface area contributed by atoms with Crippen LogP contribution in [0.15, 0.2) is 11.1 Å². The summed E-state index contributed by atoms with van der Waals surface area (Å²) < 4.78 is 0. The van der Waals surface area contributed by atoms with E-state index in [1.54, 1.807) is 0 Å². The quantitative estimate of drug-likeness (QED) is 0.409. The molecule has 0 rings (SSSR count). The Bertz CT molecular complexity index is 132. The van der Waals surface area contributed by atoms with Crippen LogP contribution in [-0.4, -0.2) is 6.29 Å². The van der Waals surface area contributed by atoms with Gasteiger partial charge in [0.1, 0.15) is 6.29 Å². The number of carbonyl (C=O) groups is 1. The number of aldehydes is 1. The van der Waals surface area contributed by atoms with Gasteiger partial charge in [0.25, 0.3) is 0 Å². The fourth-order valence-corrected chi connectivity index (χ4v) is 0.548. The van der Waals surface area contributed by atoms with Crippen molar-refractivity contribution in [3.8, 4) is 0 Å². The van der Waals surface area contributed by atoms with Crippen LogP contribution in [0.3, 0.4) is 0 Å². The average Bonchev–Trinajstić information content (AvgIpc) is 1.84. The van der Waals surface area contributed by atoms with Crippen molar-refractivity contribution in [1.29, 1.82) is 0 Å². The van der Waals surface area contributed by atoms with Crippen molar-refractivity contribution in [3.05, 3.63) is 11.1 Å². The van der Waals surface area contributed by atoms with Gasteiger partial charge in [-0.05, 0) is 25.3 Å². The number of hydrogen-bond acceptors (Lipinski definition) is 1. The summed E-state index contributed by atoms with van der Waals surface area (Å²) in [4.78, 5) is 10.2. The second-order valence-electron chi connectivity index (χ2n) is 2.64. The summed E-state index contributed by atoms with van der Waals surface area (Å²) >= 11 is 0. The van der Waals surface area contributed by atoms with Gasteiger partial charge in [0.2, 0.25) is 0 Å². The molecule has 0 saturated heterocycles. The summed E-state index contributed by atoms with van der Waals surface area (Å²) in [6, 6.07) is 0. The zero-order chi connectivity index (χ0) is 7.44. The SMILES string of the molecule is CC(C=O)=C(C)C(C)C. The highest BCUT2D eigenvalue weighted by atomic mass is 16.1. The molecule has 9 heavy (non-hydrogen) atoms. The van der Waals surface area contributed by atoms with Gasteiger partial charge in [0.15, 0.2) is 0 Å². The average molecular weight is 126 g/mol. The Labute approximate surface area is 56.8 Å². The van der Waals surface area contributed by atoms with Crippen LogP contribution in [0.2, 0.25) is 0 Å². The molecule has 0 atom stereocenters. The van der Waals surface area contributed by atoms with Crippen LogP contribution < -0.4 is 0 Å². The third-order valence-electron chi connectivity index (χ3n) is 1.66. The van der Waals surface area contributed by atoms with Gasteiger partial charge in [0.05, 0.1) is 0 Å². The molecule has 0 saturated carbocycles. The molecule has 0 aromatic heterocycles. The molecule has 1 heteroatoms. The minimum absolute atomic E-state index is 0.496. The van der Waals surface area contributed by atoms with Gasteiger partial charge in [-0.2, -0.15) is 0 Å². The smallest absolute Gasteiger partial charge is 0.145 e. The molecule has 0 heterocycles. The zero-order valence-electron chi connectivity index (χ0n) is 6.56. The fourth-order valence-electron chi connectivity index (χ4n) is 0.548. The first-order valence-electron chi connectivity index (χ1n) is 3.22. The maximum absolute atomic E-state index is 10.2. The lowest BCUT2D eigenvalue weighted by Crippen LogP contribution is -1.93. The van der Waals surface area contributed by atoms with Crippen molar-refractivity contribution in [3.63, 3.8) is 0 Å². The van der Waals surface area contributed by atoms with E-state index in [4.69, 9.17) is 0 Å². The van der Waals surface area contributed by atoms with Gasteiger partial charge >= 0.3 is 0 Å². The second-order valence-corrected chi connectivity index (χ2v) is 2.64. The van der Waals surface area contributed by atoms with Crippen LogP contribution in [0.4, 0.5) is 0 Å². The normalized spacial score (nSPS) is 13.4. The highest BCUT2D eigenvalue weighted by Crippen LogP contribution is 2.11. The van der Waals surface area contributed by atoms with Crippen LogP contribution >= 0.6 is 0 Å². The molecular weight excluding hydrogens is 112 g/mol. The Kier molecular flexibility index (Phi) is 3.21. The minimum Gasteiger partial charge on any atom is -0.298 e. The highest BCUT2D eigenvalue weighted by molar-refractivity contribution is 5.73. The molecule has 0 amide bonds. The van der Waals surface area contributed by atoms with Crippen LogP contribution in [0.1, 0.15) is 27.7 Å². The summed E-state index contributed by atoms with van der Waals surface area (Å²) in [6.07, 6.45) is 0.912. The van der Waals surface area contributed by atoms with E-state index < -0.39 is 0 Å². The van der Waals surface area contributed by atoms with Crippen LogP contribution in [0.25, 0.3) is 0 Å². The predicted molar refractivity (Wildman–Crippen MR) is 39.3 cm³/mol. The van der Waals surface area contributed by atoms with Crippen molar-refractivity contribution in [1.82, 2.24) is 0 Å². The van der Waals surface area contributed by atoms with Crippen molar-refractivity contribution in [2.24, 2.45) is 5.92 Å². The number of rotatable bonds is 2. The summed E-state index contributed by atoms with van der Waals surface area (Å²) in [5.41, 5.74) is 2.05. The first-order valence-corrected chi connectivity index (χ1v) is 3.22. The van der Waals surface area contributed by atoms with Gasteiger partial charge < -0.3 is 0 Å². The van der Waals surface area contributed by atoms with Crippen LogP contribution in [-0.2, 0) is 4.79 Å². The third-order valence-corrected chi connectivity index (χ3v) is 1.66. The summed E-state index contributed by atoms with van der Waals surface area (Å²) in [5, 5.41) is 0. The third kappa shape index (κ3) is 2.45. The summed E-state index contributed by atoms with van der Waals surface area (Å²) in [5.74, 6) is 0.496. The zero-order valence-corrected chi connectivity index (χ0v) is 6.56. The van der Waals surface area contributed by atoms with E-state index in [1.807, 2.05) is 13.8 Å². The molecule has 0 radical (unpaired) electrons. The van der Waals surface area contributed by atoms with Gasteiger partial charge in [-0.25, -0.2) is 0 Å². The molecule has 1 nitrogen and oxygen atoms in total. The lowest BCUT2D eigenvalue weighted by Gasteiger charge is -2.04. The van der Waals surface area contributed by atoms with E-state index in [9.17, 15) is 4.79 Å². The van der Waals surface area contributed by atoms with Gasteiger partial charge in [-0.3, -0.25) is 4.79 Å². The topological polar surface area (TPSA) is 17.1 Å². The largest absolute Gasteiger partial charge is 0.298 e. The van der Waals surface area contributed by atoms with Gasteiger partial charge in [0, 0.05) is 0 Å². The Morgan fingerprint density at radius 3 is 1.89 bits per heavy atom. The Hall–Kier alpha value is -0.590. The molecule has 0 aromatic carbocycles. The Balaban J connectivity index is 4.27. The monoisotopic (exact) mass is 126 g/mol. The maximum atomic E-state index is 10.2. The maximum Gasteiger partial charge on any atom is 0.145 e. The molecule has 0 fully saturated rings. The number of allylic oxidation sites excluding steroid dienone is 2. The van der Waals surface area contributed by atoms with Crippen LogP contribution in [0.5, 0.6) is 0 Å². The summed E-state index contributed by atoms with van der Waals surface area (Å²) in [6.45, 7) is 8.02. The molecule has 0 N–H and O–H groups in total. The molecule has 0 spiro atoms. The molecule has 0 aliphatic rings. The molecule has 52 valence electrons. The predicted octanol–water partition coefficient (Wildman–Crippen LogP) is 2.18. The lowest BCUT2D eigenvalue weighted by molar-refractivity contribution is -0.104. The molecule has 0 aromatic rings. The van der Waals surface area contributed by atoms with Crippen molar-refractivity contribution in [2.45, 2.75) is 27.7 Å². The lowest BCUT2D eigenvalue weighted by atomic mass is 10.0. The van der Waals surface area contributed by atoms with Gasteiger partial charge in [-0.1, -0.05) is 19.4 Å².